The van der Waals surface area contributed by atoms with Gasteiger partial charge in [-0.15, -0.1) is 0 Å². The van der Waals surface area contributed by atoms with Gasteiger partial charge in [0.2, 0.25) is 5.88 Å². The van der Waals surface area contributed by atoms with Crippen LogP contribution in [0.4, 0.5) is 5.69 Å². The standard InChI is InChI=1S/C11H9Br2N3O2/c1-17-10-6(12)5-15-11(16-10)18-8-4-2-3-7(14)9(8)13/h2-5H,14H2,1H3. The van der Waals surface area contributed by atoms with Crippen LogP contribution in [0.15, 0.2) is 33.3 Å². The van der Waals surface area contributed by atoms with Crippen LogP contribution in [0.1, 0.15) is 0 Å². The molecule has 0 fully saturated rings. The molecule has 0 spiro atoms. The van der Waals surface area contributed by atoms with Crippen molar-refractivity contribution in [1.29, 1.82) is 0 Å². The van der Waals surface area contributed by atoms with E-state index in [2.05, 4.69) is 41.8 Å². The number of ether oxygens (including phenoxy) is 2. The molecule has 7 heteroatoms. The molecular weight excluding hydrogens is 366 g/mol. The fraction of sp³-hybridized carbons (Fsp3) is 0.0909. The number of nitrogen functional groups attached to an aromatic ring is 1. The van der Waals surface area contributed by atoms with Crippen LogP contribution < -0.4 is 15.2 Å². The van der Waals surface area contributed by atoms with E-state index in [1.807, 2.05) is 0 Å². The first-order valence-corrected chi connectivity index (χ1v) is 6.48. The molecular formula is C11H9Br2N3O2. The minimum Gasteiger partial charge on any atom is -0.480 e. The zero-order valence-electron chi connectivity index (χ0n) is 9.35. The van der Waals surface area contributed by atoms with Crippen LogP contribution in [0.2, 0.25) is 0 Å². The lowest BCUT2D eigenvalue weighted by molar-refractivity contribution is 0.373. The summed E-state index contributed by atoms with van der Waals surface area (Å²) in [6.07, 6.45) is 1.56. The number of aromatic nitrogens is 2. The van der Waals surface area contributed by atoms with Crippen molar-refractivity contribution in [3.8, 4) is 17.6 Å². The number of benzene rings is 1. The number of halogens is 2. The highest BCUT2D eigenvalue weighted by atomic mass is 79.9. The highest BCUT2D eigenvalue weighted by Crippen LogP contribution is 2.33. The second-order valence-electron chi connectivity index (χ2n) is 3.27. The maximum absolute atomic E-state index is 5.75. The number of methoxy groups -OCH3 is 1. The van der Waals surface area contributed by atoms with Gasteiger partial charge < -0.3 is 15.2 Å². The molecule has 2 N–H and O–H groups in total. The van der Waals surface area contributed by atoms with Crippen molar-refractivity contribution >= 4 is 37.5 Å². The third kappa shape index (κ3) is 2.73. The Kier molecular flexibility index (Phi) is 4.03. The van der Waals surface area contributed by atoms with Crippen LogP contribution >= 0.6 is 31.9 Å². The van der Waals surface area contributed by atoms with E-state index < -0.39 is 0 Å². The Morgan fingerprint density at radius 2 is 2.06 bits per heavy atom. The molecule has 0 aliphatic carbocycles. The summed E-state index contributed by atoms with van der Waals surface area (Å²) in [5.74, 6) is 0.944. The average Bonchev–Trinajstić information content (AvgIpc) is 2.37. The van der Waals surface area contributed by atoms with E-state index in [0.29, 0.717) is 26.3 Å². The molecule has 18 heavy (non-hydrogen) atoms. The Balaban J connectivity index is 2.31. The van der Waals surface area contributed by atoms with E-state index >= 15 is 0 Å². The van der Waals surface area contributed by atoms with Crippen molar-refractivity contribution in [3.05, 3.63) is 33.3 Å². The maximum Gasteiger partial charge on any atom is 0.325 e. The van der Waals surface area contributed by atoms with Gasteiger partial charge in [0, 0.05) is 5.69 Å². The van der Waals surface area contributed by atoms with Gasteiger partial charge in [-0.2, -0.15) is 4.98 Å². The molecule has 0 aliphatic rings. The van der Waals surface area contributed by atoms with Gasteiger partial charge in [-0.05, 0) is 44.0 Å². The summed E-state index contributed by atoms with van der Waals surface area (Å²) in [6, 6.07) is 5.49. The maximum atomic E-state index is 5.75. The van der Waals surface area contributed by atoms with Crippen LogP contribution in [0, 0.1) is 0 Å². The smallest absolute Gasteiger partial charge is 0.325 e. The Bertz CT molecular complexity index is 578. The van der Waals surface area contributed by atoms with Gasteiger partial charge in [0.15, 0.2) is 0 Å². The second kappa shape index (κ2) is 5.53. The molecule has 0 atom stereocenters. The number of hydrogen-bond acceptors (Lipinski definition) is 5. The number of nitrogens with two attached hydrogens (primary N) is 1. The molecule has 0 saturated carbocycles. The summed E-state index contributed by atoms with van der Waals surface area (Å²) >= 11 is 6.61. The molecule has 0 saturated heterocycles. The first-order chi connectivity index (χ1) is 8.61. The highest BCUT2D eigenvalue weighted by Gasteiger charge is 2.10. The molecule has 5 nitrogen and oxygen atoms in total. The number of rotatable bonds is 3. The van der Waals surface area contributed by atoms with Gasteiger partial charge in [0.1, 0.15) is 5.75 Å². The molecule has 0 amide bonds. The quantitative estimate of drug-likeness (QED) is 0.834. The van der Waals surface area contributed by atoms with E-state index in [-0.39, 0.29) is 6.01 Å². The van der Waals surface area contributed by atoms with E-state index in [1.165, 1.54) is 7.11 Å². The van der Waals surface area contributed by atoms with E-state index in [4.69, 9.17) is 15.2 Å². The van der Waals surface area contributed by atoms with Gasteiger partial charge in [0.25, 0.3) is 0 Å². The minimum absolute atomic E-state index is 0.182. The lowest BCUT2D eigenvalue weighted by Crippen LogP contribution is -1.97. The third-order valence-electron chi connectivity index (χ3n) is 2.08. The molecule has 1 aromatic heterocycles. The van der Waals surface area contributed by atoms with Gasteiger partial charge in [-0.3, -0.25) is 0 Å². The van der Waals surface area contributed by atoms with Crippen LogP contribution in [-0.2, 0) is 0 Å². The van der Waals surface area contributed by atoms with Crippen LogP contribution in [0.5, 0.6) is 17.6 Å². The second-order valence-corrected chi connectivity index (χ2v) is 4.92. The topological polar surface area (TPSA) is 70.3 Å². The van der Waals surface area contributed by atoms with E-state index in [9.17, 15) is 0 Å². The first-order valence-electron chi connectivity index (χ1n) is 4.90. The van der Waals surface area contributed by atoms with Crippen molar-refractivity contribution < 1.29 is 9.47 Å². The van der Waals surface area contributed by atoms with Crippen LogP contribution in [0.25, 0.3) is 0 Å². The number of hydrogen-bond donors (Lipinski definition) is 1. The Morgan fingerprint density at radius 3 is 2.78 bits per heavy atom. The molecule has 0 radical (unpaired) electrons. The first kappa shape index (κ1) is 13.1. The van der Waals surface area contributed by atoms with Crippen molar-refractivity contribution in [2.75, 3.05) is 12.8 Å². The Labute approximate surface area is 121 Å². The zero-order valence-corrected chi connectivity index (χ0v) is 12.5. The lowest BCUT2D eigenvalue weighted by Gasteiger charge is -2.08. The predicted octanol–water partition coefficient (Wildman–Crippen LogP) is 3.38. The summed E-state index contributed by atoms with van der Waals surface area (Å²) in [5, 5.41) is 0. The molecule has 1 heterocycles. The zero-order chi connectivity index (χ0) is 13.1. The predicted molar refractivity (Wildman–Crippen MR) is 74.9 cm³/mol. The summed E-state index contributed by atoms with van der Waals surface area (Å²) in [5.41, 5.74) is 6.33. The van der Waals surface area contributed by atoms with Crippen molar-refractivity contribution in [2.24, 2.45) is 0 Å². The fourth-order valence-corrected chi connectivity index (χ4v) is 1.93. The molecule has 1 aromatic carbocycles. The van der Waals surface area contributed by atoms with Crippen molar-refractivity contribution in [3.63, 3.8) is 0 Å². The van der Waals surface area contributed by atoms with Crippen LogP contribution in [-0.4, -0.2) is 17.1 Å². The molecule has 2 rings (SSSR count). The van der Waals surface area contributed by atoms with Crippen molar-refractivity contribution in [1.82, 2.24) is 9.97 Å². The van der Waals surface area contributed by atoms with Crippen molar-refractivity contribution in [2.45, 2.75) is 0 Å². The normalized spacial score (nSPS) is 10.2. The SMILES string of the molecule is COc1nc(Oc2cccc(N)c2Br)ncc1Br. The molecule has 0 unspecified atom stereocenters. The fourth-order valence-electron chi connectivity index (χ4n) is 1.23. The van der Waals surface area contributed by atoms with E-state index in [0.717, 1.165) is 0 Å². The van der Waals surface area contributed by atoms with Crippen LogP contribution in [0.3, 0.4) is 0 Å². The monoisotopic (exact) mass is 373 g/mol. The Morgan fingerprint density at radius 1 is 1.28 bits per heavy atom. The lowest BCUT2D eigenvalue weighted by atomic mass is 10.3. The van der Waals surface area contributed by atoms with Gasteiger partial charge in [0.05, 0.1) is 22.3 Å². The van der Waals surface area contributed by atoms with Gasteiger partial charge >= 0.3 is 6.01 Å². The summed E-state index contributed by atoms with van der Waals surface area (Å²) in [6.45, 7) is 0. The van der Waals surface area contributed by atoms with E-state index in [1.54, 1.807) is 24.4 Å². The highest BCUT2D eigenvalue weighted by molar-refractivity contribution is 9.11. The molecule has 2 aromatic rings. The van der Waals surface area contributed by atoms with Gasteiger partial charge in [-0.1, -0.05) is 6.07 Å². The summed E-state index contributed by atoms with van der Waals surface area (Å²) in [7, 11) is 1.52. The molecule has 0 bridgehead atoms. The Hall–Kier alpha value is -1.34. The summed E-state index contributed by atoms with van der Waals surface area (Å²) < 4.78 is 11.9. The summed E-state index contributed by atoms with van der Waals surface area (Å²) in [4.78, 5) is 8.12. The average molecular weight is 375 g/mol. The largest absolute Gasteiger partial charge is 0.480 e. The number of nitrogens with zero attached hydrogens (tertiary/aromatic N) is 2. The number of anilines is 1. The molecule has 94 valence electrons. The minimum atomic E-state index is 0.182. The molecule has 0 aliphatic heterocycles. The van der Waals surface area contributed by atoms with Gasteiger partial charge in [-0.25, -0.2) is 4.98 Å². The third-order valence-corrected chi connectivity index (χ3v) is 3.47.